The standard InChI is InChI=1S/C17H18N4O3.2C5H8O2.Zr/c1-11-3-5-13(15(22)7-11)9-18-20-17(24)21-19-10-14-6-4-12(2)8-16(14)23;2*1-4(6)3-5(2)7;/h3-10,22-23H,1-2H3,(H2,20,21,24);2*3,6H,1-2H3;/b18-9+,19-10+;2*4-3-;. The first-order chi connectivity index (χ1) is 17.7. The first-order valence-corrected chi connectivity index (χ1v) is 11.2. The molecule has 0 radical (unpaired) electrons. The van der Waals surface area contributed by atoms with Gasteiger partial charge in [-0.25, -0.2) is 15.6 Å². The third kappa shape index (κ3) is 19.7. The fourth-order valence-corrected chi connectivity index (χ4v) is 2.46. The van der Waals surface area contributed by atoms with Crippen molar-refractivity contribution in [3.63, 3.8) is 0 Å². The first kappa shape index (κ1) is 37.1. The van der Waals surface area contributed by atoms with Gasteiger partial charge in [0.2, 0.25) is 0 Å². The van der Waals surface area contributed by atoms with Gasteiger partial charge in [-0.1, -0.05) is 12.1 Å². The molecule has 2 rings (SSSR count). The van der Waals surface area contributed by atoms with E-state index in [1.807, 2.05) is 26.0 Å². The molecule has 2 aromatic rings. The number of hydrazone groups is 2. The Kier molecular flexibility index (Phi) is 19.0. The number of carbonyl (C=O) groups excluding carboxylic acids is 3. The SMILES string of the molecule is CC(=O)/C=C(/C)O.CC(=O)/C=C(/C)O.Cc1ccc(/C=N/NC(=O)N/N=C/c2ccc(C)cc2O)c(O)c1.[Zr]. The van der Waals surface area contributed by atoms with Gasteiger partial charge in [-0.05, 0) is 76.9 Å². The fourth-order valence-electron chi connectivity index (χ4n) is 2.46. The molecule has 2 amide bonds. The summed E-state index contributed by atoms with van der Waals surface area (Å²) in [6, 6.07) is 9.55. The van der Waals surface area contributed by atoms with Gasteiger partial charge in [0.25, 0.3) is 0 Å². The predicted octanol–water partition coefficient (Wildman–Crippen LogP) is 4.45. The van der Waals surface area contributed by atoms with Crippen molar-refractivity contribution >= 4 is 30.0 Å². The van der Waals surface area contributed by atoms with E-state index in [0.29, 0.717) is 11.1 Å². The summed E-state index contributed by atoms with van der Waals surface area (Å²) in [5, 5.41) is 43.6. The van der Waals surface area contributed by atoms with E-state index < -0.39 is 6.03 Å². The topological polar surface area (TPSA) is 181 Å². The molecule has 0 unspecified atom stereocenters. The molecule has 12 heteroatoms. The Morgan fingerprint density at radius 2 is 1.03 bits per heavy atom. The van der Waals surface area contributed by atoms with Crippen molar-refractivity contribution in [1.29, 1.82) is 0 Å². The number of urea groups is 1. The van der Waals surface area contributed by atoms with Crippen LogP contribution in [-0.2, 0) is 35.8 Å². The van der Waals surface area contributed by atoms with Crippen LogP contribution in [0.15, 0.2) is 70.3 Å². The zero-order valence-electron chi connectivity index (χ0n) is 22.7. The molecule has 0 aliphatic rings. The largest absolute Gasteiger partial charge is 0.512 e. The van der Waals surface area contributed by atoms with Crippen molar-refractivity contribution in [2.75, 3.05) is 0 Å². The van der Waals surface area contributed by atoms with Crippen LogP contribution in [0.1, 0.15) is 49.9 Å². The van der Waals surface area contributed by atoms with Crippen LogP contribution in [0.5, 0.6) is 11.5 Å². The number of carbonyl (C=O) groups is 3. The maximum absolute atomic E-state index is 11.5. The van der Waals surface area contributed by atoms with Crippen LogP contribution in [0.2, 0.25) is 0 Å². The van der Waals surface area contributed by atoms with Gasteiger partial charge in [-0.15, -0.1) is 0 Å². The molecule has 0 bridgehead atoms. The van der Waals surface area contributed by atoms with Gasteiger partial charge in [-0.3, -0.25) is 9.59 Å². The molecular weight excluding hydrogens is 584 g/mol. The number of aliphatic hydroxyl groups is 2. The molecule has 0 aliphatic heterocycles. The van der Waals surface area contributed by atoms with E-state index in [0.717, 1.165) is 11.1 Å². The summed E-state index contributed by atoms with van der Waals surface area (Å²) < 4.78 is 0. The fraction of sp³-hybridized carbons (Fsp3) is 0.222. The maximum Gasteiger partial charge on any atom is 0.355 e. The van der Waals surface area contributed by atoms with Crippen molar-refractivity contribution < 1.29 is 61.0 Å². The molecule has 39 heavy (non-hydrogen) atoms. The number of rotatable bonds is 6. The van der Waals surface area contributed by atoms with Gasteiger partial charge in [-0.2, -0.15) is 10.2 Å². The molecule has 0 heterocycles. The Labute approximate surface area is 246 Å². The maximum atomic E-state index is 11.5. The van der Waals surface area contributed by atoms with Gasteiger partial charge in [0.1, 0.15) is 11.5 Å². The number of nitrogens with zero attached hydrogens (tertiary/aromatic N) is 2. The smallest absolute Gasteiger partial charge is 0.355 e. The number of ketones is 2. The van der Waals surface area contributed by atoms with Gasteiger partial charge in [0, 0.05) is 49.5 Å². The molecular formula is C27H34N4O7Zr. The molecule has 0 fully saturated rings. The summed E-state index contributed by atoms with van der Waals surface area (Å²) in [5.74, 6) is 0.0302. The Bertz CT molecular complexity index is 1140. The normalized spacial score (nSPS) is 10.9. The first-order valence-electron chi connectivity index (χ1n) is 11.2. The van der Waals surface area contributed by atoms with Crippen LogP contribution in [-0.4, -0.2) is 50.5 Å². The van der Waals surface area contributed by atoms with Crippen LogP contribution < -0.4 is 10.9 Å². The number of allylic oxidation sites excluding steroid dienone is 4. The zero-order valence-corrected chi connectivity index (χ0v) is 25.1. The molecule has 0 aromatic heterocycles. The van der Waals surface area contributed by atoms with Gasteiger partial charge >= 0.3 is 6.03 Å². The van der Waals surface area contributed by atoms with Crippen LogP contribution >= 0.6 is 0 Å². The summed E-state index contributed by atoms with van der Waals surface area (Å²) in [4.78, 5) is 31.6. The number of hydrogen-bond acceptors (Lipinski definition) is 9. The Balaban J connectivity index is 0. The summed E-state index contributed by atoms with van der Waals surface area (Å²) in [6.07, 6.45) is 4.98. The van der Waals surface area contributed by atoms with Gasteiger partial charge in [0.15, 0.2) is 11.6 Å². The monoisotopic (exact) mass is 616 g/mol. The van der Waals surface area contributed by atoms with Crippen LogP contribution in [0.3, 0.4) is 0 Å². The molecule has 2 aromatic carbocycles. The van der Waals surface area contributed by atoms with E-state index in [4.69, 9.17) is 10.2 Å². The predicted molar refractivity (Wildman–Crippen MR) is 147 cm³/mol. The second-order valence-corrected chi connectivity index (χ2v) is 7.99. The summed E-state index contributed by atoms with van der Waals surface area (Å²) in [6.45, 7) is 9.41. The number of phenolic OH excluding ortho intramolecular Hbond substituents is 2. The van der Waals surface area contributed by atoms with Crippen molar-refractivity contribution in [3.05, 3.63) is 82.3 Å². The van der Waals surface area contributed by atoms with E-state index >= 15 is 0 Å². The molecule has 11 nitrogen and oxygen atoms in total. The minimum atomic E-state index is -0.652. The second kappa shape index (κ2) is 20.0. The number of aromatic hydroxyl groups is 2. The molecule has 0 saturated heterocycles. The van der Waals surface area contributed by atoms with E-state index in [1.165, 1.54) is 52.3 Å². The Hall–Kier alpha value is -4.05. The number of phenols is 2. The minimum absolute atomic E-state index is 0. The van der Waals surface area contributed by atoms with E-state index in [2.05, 4.69) is 21.1 Å². The molecule has 0 atom stereocenters. The van der Waals surface area contributed by atoms with Gasteiger partial charge in [0.05, 0.1) is 23.9 Å². The van der Waals surface area contributed by atoms with Crippen molar-refractivity contribution in [1.82, 2.24) is 10.9 Å². The van der Waals surface area contributed by atoms with Crippen LogP contribution in [0, 0.1) is 13.8 Å². The number of aliphatic hydroxyl groups excluding tert-OH is 2. The third-order valence-corrected chi connectivity index (χ3v) is 3.94. The van der Waals surface area contributed by atoms with E-state index in [-0.39, 0.29) is 60.8 Å². The molecule has 6 N–H and O–H groups in total. The minimum Gasteiger partial charge on any atom is -0.512 e. The molecule has 0 spiro atoms. The van der Waals surface area contributed by atoms with Crippen LogP contribution in [0.4, 0.5) is 4.79 Å². The van der Waals surface area contributed by atoms with Gasteiger partial charge < -0.3 is 20.4 Å². The van der Waals surface area contributed by atoms with Crippen LogP contribution in [0.25, 0.3) is 0 Å². The van der Waals surface area contributed by atoms with E-state index in [9.17, 15) is 24.6 Å². The number of hydrogen-bond donors (Lipinski definition) is 6. The number of benzene rings is 2. The molecule has 208 valence electrons. The van der Waals surface area contributed by atoms with E-state index in [1.54, 1.807) is 24.3 Å². The molecule has 0 aliphatic carbocycles. The second-order valence-electron chi connectivity index (χ2n) is 7.99. The number of amides is 2. The summed E-state index contributed by atoms with van der Waals surface area (Å²) >= 11 is 0. The average Bonchev–Trinajstić information content (AvgIpc) is 2.76. The van der Waals surface area contributed by atoms with Crippen molar-refractivity contribution in [3.8, 4) is 11.5 Å². The zero-order chi connectivity index (χ0) is 29.3. The number of aryl methyl sites for hydroxylation is 2. The summed E-state index contributed by atoms with van der Waals surface area (Å²) in [7, 11) is 0. The molecule has 0 saturated carbocycles. The summed E-state index contributed by atoms with van der Waals surface area (Å²) in [5.41, 5.74) is 7.23. The Morgan fingerprint density at radius 1 is 0.692 bits per heavy atom. The van der Waals surface area contributed by atoms with Crippen molar-refractivity contribution in [2.24, 2.45) is 10.2 Å². The number of nitrogens with one attached hydrogen (secondary N) is 2. The quantitative estimate of drug-likeness (QED) is 0.120. The average molecular weight is 618 g/mol. The Morgan fingerprint density at radius 3 is 1.26 bits per heavy atom. The van der Waals surface area contributed by atoms with Crippen molar-refractivity contribution in [2.45, 2.75) is 41.5 Å². The third-order valence-electron chi connectivity index (χ3n) is 3.94.